The lowest BCUT2D eigenvalue weighted by Crippen LogP contribution is -1.80. The maximum atomic E-state index is 4.30. The third-order valence-electron chi connectivity index (χ3n) is 2.53. The van der Waals surface area contributed by atoms with E-state index in [-0.39, 0.29) is 0 Å². The molecule has 0 bridgehead atoms. The topological polar surface area (TPSA) is 28.7 Å². The molecule has 0 spiro atoms. The monoisotopic (exact) mass is 218 g/mol. The maximum absolute atomic E-state index is 4.30. The van der Waals surface area contributed by atoms with Gasteiger partial charge >= 0.3 is 0 Å². The number of fused-ring (bicyclic) bond motifs is 1. The van der Waals surface area contributed by atoms with E-state index in [4.69, 9.17) is 0 Å². The summed E-state index contributed by atoms with van der Waals surface area (Å²) in [6.07, 6.45) is 3.67. The van der Waals surface area contributed by atoms with Crippen molar-refractivity contribution in [3.05, 3.63) is 66.0 Å². The molecule has 2 heterocycles. The van der Waals surface area contributed by atoms with Gasteiger partial charge in [-0.2, -0.15) is 0 Å². The van der Waals surface area contributed by atoms with Crippen molar-refractivity contribution >= 4 is 11.0 Å². The molecular weight excluding hydrogens is 208 g/mol. The Kier molecular flexibility index (Phi) is 2.36. The molecule has 1 N–H and O–H groups in total. The zero-order chi connectivity index (χ0) is 11.5. The molecule has 2 aromatic heterocycles. The number of pyridine rings is 1. The zero-order valence-electron chi connectivity index (χ0n) is 9.14. The molecule has 1 aromatic carbocycles. The van der Waals surface area contributed by atoms with Crippen LogP contribution in [0.25, 0.3) is 11.0 Å². The van der Waals surface area contributed by atoms with Crippen LogP contribution in [0.15, 0.2) is 54.9 Å². The van der Waals surface area contributed by atoms with Crippen LogP contribution in [-0.2, 0) is 0 Å². The summed E-state index contributed by atoms with van der Waals surface area (Å²) in [6.45, 7) is 0. The van der Waals surface area contributed by atoms with Crippen molar-refractivity contribution in [1.29, 1.82) is 0 Å². The third kappa shape index (κ3) is 2.04. The van der Waals surface area contributed by atoms with Crippen LogP contribution >= 0.6 is 0 Å². The van der Waals surface area contributed by atoms with Crippen LogP contribution in [0.4, 0.5) is 0 Å². The largest absolute Gasteiger partial charge is 0.346 e. The molecule has 0 fully saturated rings. The maximum Gasteiger partial charge on any atom is 0.137 e. The molecule has 0 atom stereocenters. The molecule has 0 amide bonds. The highest BCUT2D eigenvalue weighted by Gasteiger charge is 1.95. The van der Waals surface area contributed by atoms with Gasteiger partial charge in [0.1, 0.15) is 5.65 Å². The van der Waals surface area contributed by atoms with Crippen molar-refractivity contribution in [3.8, 4) is 11.8 Å². The van der Waals surface area contributed by atoms with Crippen LogP contribution in [0.5, 0.6) is 0 Å². The van der Waals surface area contributed by atoms with Crippen LogP contribution in [0.2, 0.25) is 0 Å². The number of benzene rings is 1. The standard InChI is InChI=1S/C15H10N2/c1-2-4-12(5-3-1)6-7-13-10-14-8-9-16-15(14)17-11-13/h1-5,8-11H,(H,16,17). The number of hydrogen-bond acceptors (Lipinski definition) is 1. The summed E-state index contributed by atoms with van der Waals surface area (Å²) in [5, 5.41) is 1.09. The number of aromatic nitrogens is 2. The first-order valence-corrected chi connectivity index (χ1v) is 5.42. The van der Waals surface area contributed by atoms with Crippen LogP contribution < -0.4 is 0 Å². The highest BCUT2D eigenvalue weighted by Crippen LogP contribution is 2.10. The van der Waals surface area contributed by atoms with Gasteiger partial charge in [0.2, 0.25) is 0 Å². The van der Waals surface area contributed by atoms with Gasteiger partial charge in [-0.15, -0.1) is 0 Å². The summed E-state index contributed by atoms with van der Waals surface area (Å²) >= 11 is 0. The molecule has 80 valence electrons. The Morgan fingerprint density at radius 2 is 1.76 bits per heavy atom. The van der Waals surface area contributed by atoms with Gasteiger partial charge in [-0.1, -0.05) is 30.0 Å². The van der Waals surface area contributed by atoms with Gasteiger partial charge in [0.05, 0.1) is 0 Å². The molecule has 2 nitrogen and oxygen atoms in total. The summed E-state index contributed by atoms with van der Waals surface area (Å²) in [5.74, 6) is 6.23. The Morgan fingerprint density at radius 3 is 2.65 bits per heavy atom. The lowest BCUT2D eigenvalue weighted by molar-refractivity contribution is 1.32. The molecule has 2 heteroatoms. The fraction of sp³-hybridized carbons (Fsp3) is 0. The van der Waals surface area contributed by atoms with Crippen LogP contribution in [-0.4, -0.2) is 9.97 Å². The summed E-state index contributed by atoms with van der Waals surface area (Å²) < 4.78 is 0. The van der Waals surface area contributed by atoms with E-state index in [0.29, 0.717) is 0 Å². The number of nitrogens with one attached hydrogen (secondary N) is 1. The van der Waals surface area contributed by atoms with Gasteiger partial charge in [0, 0.05) is 28.9 Å². The number of H-pyrrole nitrogens is 1. The minimum atomic E-state index is 0.898. The quantitative estimate of drug-likeness (QED) is 0.577. The Labute approximate surface area is 99.3 Å². The lowest BCUT2D eigenvalue weighted by atomic mass is 10.2. The van der Waals surface area contributed by atoms with E-state index in [9.17, 15) is 0 Å². The van der Waals surface area contributed by atoms with Crippen LogP contribution in [0, 0.1) is 11.8 Å². The second kappa shape index (κ2) is 4.15. The molecule has 0 unspecified atom stereocenters. The van der Waals surface area contributed by atoms with Gasteiger partial charge < -0.3 is 4.98 Å². The predicted octanol–water partition coefficient (Wildman–Crippen LogP) is 2.96. The lowest BCUT2D eigenvalue weighted by Gasteiger charge is -1.91. The van der Waals surface area contributed by atoms with E-state index < -0.39 is 0 Å². The van der Waals surface area contributed by atoms with Gasteiger partial charge in [0.15, 0.2) is 0 Å². The normalized spacial score (nSPS) is 9.88. The summed E-state index contributed by atoms with van der Waals surface area (Å²) in [4.78, 5) is 7.36. The Bertz CT molecular complexity index is 700. The van der Waals surface area contributed by atoms with Crippen molar-refractivity contribution < 1.29 is 0 Å². The van der Waals surface area contributed by atoms with E-state index in [2.05, 4.69) is 21.8 Å². The van der Waals surface area contributed by atoms with Crippen LogP contribution in [0.1, 0.15) is 11.1 Å². The Hall–Kier alpha value is -2.53. The van der Waals surface area contributed by atoms with E-state index in [1.165, 1.54) is 0 Å². The third-order valence-corrected chi connectivity index (χ3v) is 2.53. The highest BCUT2D eigenvalue weighted by molar-refractivity contribution is 5.76. The number of aromatic amines is 1. The molecule has 3 aromatic rings. The minimum Gasteiger partial charge on any atom is -0.346 e. The molecule has 0 radical (unpaired) electrons. The fourth-order valence-corrected chi connectivity index (χ4v) is 1.67. The summed E-state index contributed by atoms with van der Waals surface area (Å²) in [6, 6.07) is 14.0. The molecular formula is C15H10N2. The predicted molar refractivity (Wildman–Crippen MR) is 68.5 cm³/mol. The summed E-state index contributed by atoms with van der Waals surface area (Å²) in [7, 11) is 0. The van der Waals surface area contributed by atoms with Gasteiger partial charge in [0.25, 0.3) is 0 Å². The molecule has 17 heavy (non-hydrogen) atoms. The first-order valence-electron chi connectivity index (χ1n) is 5.42. The van der Waals surface area contributed by atoms with Gasteiger partial charge in [-0.05, 0) is 24.3 Å². The number of nitrogens with zero attached hydrogens (tertiary/aromatic N) is 1. The second-order valence-corrected chi connectivity index (χ2v) is 3.76. The molecule has 0 aliphatic rings. The molecule has 0 saturated heterocycles. The van der Waals surface area contributed by atoms with Crippen molar-refractivity contribution in [1.82, 2.24) is 9.97 Å². The Morgan fingerprint density at radius 1 is 0.941 bits per heavy atom. The van der Waals surface area contributed by atoms with E-state index in [0.717, 1.165) is 22.2 Å². The molecule has 3 rings (SSSR count). The first kappa shape index (κ1) is 9.68. The van der Waals surface area contributed by atoms with Crippen molar-refractivity contribution in [2.24, 2.45) is 0 Å². The average Bonchev–Trinajstić information content (AvgIpc) is 2.85. The highest BCUT2D eigenvalue weighted by atomic mass is 14.8. The van der Waals surface area contributed by atoms with E-state index in [1.807, 2.05) is 48.7 Å². The Balaban J connectivity index is 1.97. The van der Waals surface area contributed by atoms with Crippen molar-refractivity contribution in [2.75, 3.05) is 0 Å². The molecule has 0 aliphatic heterocycles. The van der Waals surface area contributed by atoms with Crippen LogP contribution in [0.3, 0.4) is 0 Å². The summed E-state index contributed by atoms with van der Waals surface area (Å²) in [5.41, 5.74) is 2.85. The SMILES string of the molecule is C(#Cc1cnc2[nH]ccc2c1)c1ccccc1. The fourth-order valence-electron chi connectivity index (χ4n) is 1.67. The van der Waals surface area contributed by atoms with E-state index in [1.54, 1.807) is 6.20 Å². The molecule has 0 saturated carbocycles. The smallest absolute Gasteiger partial charge is 0.137 e. The van der Waals surface area contributed by atoms with E-state index >= 15 is 0 Å². The van der Waals surface area contributed by atoms with Gasteiger partial charge in [-0.3, -0.25) is 0 Å². The number of hydrogen-bond donors (Lipinski definition) is 1. The molecule has 0 aliphatic carbocycles. The first-order chi connectivity index (χ1) is 8.42. The number of rotatable bonds is 0. The zero-order valence-corrected chi connectivity index (χ0v) is 9.14. The van der Waals surface area contributed by atoms with Gasteiger partial charge in [-0.25, -0.2) is 4.98 Å². The van der Waals surface area contributed by atoms with Crippen molar-refractivity contribution in [2.45, 2.75) is 0 Å². The van der Waals surface area contributed by atoms with Crippen molar-refractivity contribution in [3.63, 3.8) is 0 Å². The second-order valence-electron chi connectivity index (χ2n) is 3.76. The average molecular weight is 218 g/mol. The minimum absolute atomic E-state index is 0.898.